The first-order valence-corrected chi connectivity index (χ1v) is 19.8. The van der Waals surface area contributed by atoms with E-state index < -0.39 is 18.1 Å². The van der Waals surface area contributed by atoms with Gasteiger partial charge in [-0.05, 0) is 50.3 Å². The zero-order valence-electron chi connectivity index (χ0n) is 32.1. The van der Waals surface area contributed by atoms with Crippen LogP contribution in [-0.2, 0) is 30.3 Å². The van der Waals surface area contributed by atoms with Gasteiger partial charge < -0.3 is 25.0 Å². The van der Waals surface area contributed by atoms with Crippen molar-refractivity contribution in [3.63, 3.8) is 0 Å². The molecule has 1 unspecified atom stereocenters. The Morgan fingerprint density at radius 2 is 1.77 bits per heavy atom. The highest BCUT2D eigenvalue weighted by molar-refractivity contribution is 7.09. The minimum absolute atomic E-state index is 0.00793. The first-order valence-electron chi connectivity index (χ1n) is 18.9. The fourth-order valence-corrected chi connectivity index (χ4v) is 8.01. The van der Waals surface area contributed by atoms with Crippen molar-refractivity contribution in [3.05, 3.63) is 52.0 Å². The SMILES string of the molecule is CCC(C)[C@H](NC(=O)[C@H]1CCCCN1C)C(=O)N(C)[C@H](C[C@@H](OC(C)=O)c1nc(C(=O)N[C@@H](Cc2ccccc2)CN2CCOCC2)cs1)C(C)C. The third-order valence-electron chi connectivity index (χ3n) is 10.5. The largest absolute Gasteiger partial charge is 0.455 e. The van der Waals surface area contributed by atoms with Crippen molar-refractivity contribution in [3.8, 4) is 0 Å². The molecule has 13 heteroatoms. The number of likely N-dealkylation sites (tertiary alicyclic amines) is 1. The average Bonchev–Trinajstić information content (AvgIpc) is 3.63. The number of esters is 1. The van der Waals surface area contributed by atoms with E-state index in [-0.39, 0.29) is 59.8 Å². The van der Waals surface area contributed by atoms with E-state index in [9.17, 15) is 19.2 Å². The van der Waals surface area contributed by atoms with Crippen LogP contribution in [0.2, 0.25) is 0 Å². The van der Waals surface area contributed by atoms with E-state index in [1.165, 1.54) is 18.3 Å². The van der Waals surface area contributed by atoms with Gasteiger partial charge in [-0.2, -0.15) is 0 Å². The van der Waals surface area contributed by atoms with Gasteiger partial charge in [-0.15, -0.1) is 11.3 Å². The van der Waals surface area contributed by atoms with Gasteiger partial charge in [0.05, 0.1) is 19.3 Å². The summed E-state index contributed by atoms with van der Waals surface area (Å²) < 4.78 is 11.4. The van der Waals surface area contributed by atoms with Crippen LogP contribution in [0.25, 0.3) is 0 Å². The zero-order chi connectivity index (χ0) is 37.8. The summed E-state index contributed by atoms with van der Waals surface area (Å²) in [5.74, 6) is -1.15. The van der Waals surface area contributed by atoms with Gasteiger partial charge in [-0.3, -0.25) is 29.0 Å². The zero-order valence-corrected chi connectivity index (χ0v) is 33.0. The van der Waals surface area contributed by atoms with Crippen LogP contribution in [-0.4, -0.2) is 121 Å². The van der Waals surface area contributed by atoms with E-state index >= 15 is 0 Å². The summed E-state index contributed by atoms with van der Waals surface area (Å²) >= 11 is 1.27. The number of thiazole rings is 1. The lowest BCUT2D eigenvalue weighted by molar-refractivity contribution is -0.149. The molecular formula is C39H60N6O6S. The Kier molecular flexibility index (Phi) is 16.0. The predicted octanol–water partition coefficient (Wildman–Crippen LogP) is 4.31. The maximum atomic E-state index is 14.2. The van der Waals surface area contributed by atoms with E-state index in [2.05, 4.69) is 32.6 Å². The van der Waals surface area contributed by atoms with E-state index in [1.807, 2.05) is 52.9 Å². The van der Waals surface area contributed by atoms with E-state index in [1.54, 1.807) is 17.3 Å². The van der Waals surface area contributed by atoms with E-state index in [0.717, 1.165) is 50.9 Å². The molecule has 2 N–H and O–H groups in total. The molecule has 0 spiro atoms. The Bertz CT molecular complexity index is 1450. The first-order chi connectivity index (χ1) is 24.9. The van der Waals surface area contributed by atoms with Crippen LogP contribution in [0.3, 0.4) is 0 Å². The molecule has 3 amide bonds. The third-order valence-corrected chi connectivity index (χ3v) is 11.4. The number of carbonyl (C=O) groups is 4. The van der Waals surface area contributed by atoms with Gasteiger partial charge in [0.15, 0.2) is 6.10 Å². The van der Waals surface area contributed by atoms with Crippen LogP contribution < -0.4 is 10.6 Å². The number of hydrogen-bond acceptors (Lipinski definition) is 10. The highest BCUT2D eigenvalue weighted by Crippen LogP contribution is 2.31. The topological polar surface area (TPSA) is 133 Å². The highest BCUT2D eigenvalue weighted by Gasteiger charge is 2.37. The summed E-state index contributed by atoms with van der Waals surface area (Å²) in [6.07, 6.45) is 3.72. The number of amides is 3. The number of morpholine rings is 1. The summed E-state index contributed by atoms with van der Waals surface area (Å²) in [5.41, 5.74) is 1.39. The summed E-state index contributed by atoms with van der Waals surface area (Å²) in [7, 11) is 3.72. The molecule has 3 heterocycles. The molecule has 0 saturated carbocycles. The van der Waals surface area contributed by atoms with Crippen LogP contribution in [0, 0.1) is 11.8 Å². The molecule has 2 aliphatic rings. The van der Waals surface area contributed by atoms with Gasteiger partial charge >= 0.3 is 5.97 Å². The standard InChI is InChI=1S/C39H60N6O6S/c1-8-27(4)35(42-37(48)32-16-12-13-17-43(32)6)39(49)44(7)33(26(2)3)23-34(51-28(5)46)38-41-31(25-52-38)36(47)40-30(22-29-14-10-9-11-15-29)24-45-18-20-50-21-19-45/h9-11,14-15,25-27,30,32-35H,8,12-13,16-24H2,1-7H3,(H,40,47)(H,42,48)/t27?,30-,32+,33+,34+,35-/m0/s1. The Labute approximate surface area is 314 Å². The first kappa shape index (κ1) is 41.4. The van der Waals surface area contributed by atoms with Crippen molar-refractivity contribution in [2.24, 2.45) is 11.8 Å². The normalized spacial score (nSPS) is 20.0. The number of aromatic nitrogens is 1. The van der Waals surface area contributed by atoms with Crippen molar-refractivity contribution in [1.82, 2.24) is 30.3 Å². The molecule has 0 radical (unpaired) electrons. The van der Waals surface area contributed by atoms with Gasteiger partial charge in [0.1, 0.15) is 16.7 Å². The van der Waals surface area contributed by atoms with Crippen molar-refractivity contribution in [2.45, 2.75) is 103 Å². The molecule has 52 heavy (non-hydrogen) atoms. The molecule has 288 valence electrons. The van der Waals surface area contributed by atoms with Crippen LogP contribution >= 0.6 is 11.3 Å². The molecule has 1 aromatic heterocycles. The summed E-state index contributed by atoms with van der Waals surface area (Å²) in [6, 6.07) is 8.65. The van der Waals surface area contributed by atoms with Crippen molar-refractivity contribution in [1.29, 1.82) is 0 Å². The van der Waals surface area contributed by atoms with Gasteiger partial charge in [-0.25, -0.2) is 4.98 Å². The number of ether oxygens (including phenoxy) is 2. The number of hydrogen-bond donors (Lipinski definition) is 2. The molecule has 2 saturated heterocycles. The predicted molar refractivity (Wildman–Crippen MR) is 203 cm³/mol. The van der Waals surface area contributed by atoms with Crippen LogP contribution in [0.4, 0.5) is 0 Å². The lowest BCUT2D eigenvalue weighted by Gasteiger charge is -2.38. The molecular weight excluding hydrogens is 681 g/mol. The number of piperidine rings is 1. The van der Waals surface area contributed by atoms with Gasteiger partial charge in [0.2, 0.25) is 11.8 Å². The lowest BCUT2D eigenvalue weighted by Crippen LogP contribution is -2.58. The Hall–Kier alpha value is -3.39. The molecule has 2 aliphatic heterocycles. The third kappa shape index (κ3) is 11.8. The number of nitrogens with zero attached hydrogens (tertiary/aromatic N) is 4. The molecule has 0 aliphatic carbocycles. The van der Waals surface area contributed by atoms with Gasteiger partial charge in [0.25, 0.3) is 5.91 Å². The smallest absolute Gasteiger partial charge is 0.303 e. The Morgan fingerprint density at radius 3 is 2.40 bits per heavy atom. The van der Waals surface area contributed by atoms with Crippen LogP contribution in [0.15, 0.2) is 35.7 Å². The quantitative estimate of drug-likeness (QED) is 0.228. The highest BCUT2D eigenvalue weighted by atomic mass is 32.1. The molecule has 0 bridgehead atoms. The summed E-state index contributed by atoms with van der Waals surface area (Å²) in [5, 5.41) is 8.51. The Morgan fingerprint density at radius 1 is 1.06 bits per heavy atom. The average molecular weight is 741 g/mol. The van der Waals surface area contributed by atoms with Crippen molar-refractivity contribution in [2.75, 3.05) is 53.5 Å². The molecule has 6 atom stereocenters. The lowest BCUT2D eigenvalue weighted by atomic mass is 9.92. The minimum atomic E-state index is -0.771. The van der Waals surface area contributed by atoms with E-state index in [4.69, 9.17) is 14.5 Å². The number of rotatable bonds is 17. The van der Waals surface area contributed by atoms with Crippen molar-refractivity contribution < 1.29 is 28.7 Å². The van der Waals surface area contributed by atoms with Gasteiger partial charge in [-0.1, -0.05) is 70.9 Å². The molecule has 1 aromatic carbocycles. The molecule has 4 rings (SSSR count). The second-order valence-corrected chi connectivity index (χ2v) is 15.7. The summed E-state index contributed by atoms with van der Waals surface area (Å²) in [4.78, 5) is 64.5. The number of carbonyl (C=O) groups excluding carboxylic acids is 4. The molecule has 2 aromatic rings. The minimum Gasteiger partial charge on any atom is -0.455 e. The maximum Gasteiger partial charge on any atom is 0.303 e. The van der Waals surface area contributed by atoms with Crippen LogP contribution in [0.1, 0.15) is 93.9 Å². The molecule has 2 fully saturated rings. The Balaban J connectivity index is 1.49. The van der Waals surface area contributed by atoms with E-state index in [0.29, 0.717) is 31.2 Å². The van der Waals surface area contributed by atoms with Crippen LogP contribution in [0.5, 0.6) is 0 Å². The second kappa shape index (κ2) is 20.2. The second-order valence-electron chi connectivity index (χ2n) is 14.8. The monoisotopic (exact) mass is 740 g/mol. The number of likely N-dealkylation sites (N-methyl/N-ethyl adjacent to an activating group) is 2. The van der Waals surface area contributed by atoms with Gasteiger partial charge in [0, 0.05) is 57.5 Å². The fraction of sp³-hybridized carbons (Fsp3) is 0.667. The summed E-state index contributed by atoms with van der Waals surface area (Å²) in [6.45, 7) is 13.9. The number of benzene rings is 1. The number of nitrogens with one attached hydrogen (secondary N) is 2. The maximum absolute atomic E-state index is 14.2. The molecule has 12 nitrogen and oxygen atoms in total. The van der Waals surface area contributed by atoms with Crippen molar-refractivity contribution >= 4 is 35.0 Å². The fourth-order valence-electron chi connectivity index (χ4n) is 7.17.